The van der Waals surface area contributed by atoms with E-state index in [1.165, 1.54) is 6.08 Å². The molecule has 4 aromatic rings. The predicted octanol–water partition coefficient (Wildman–Crippen LogP) is 4.05. The van der Waals surface area contributed by atoms with Crippen LogP contribution >= 0.6 is 11.3 Å². The fraction of sp³-hybridized carbons (Fsp3) is 0. The Morgan fingerprint density at radius 2 is 1.96 bits per heavy atom. The van der Waals surface area contributed by atoms with Crippen LogP contribution < -0.4 is 5.32 Å². The lowest BCUT2D eigenvalue weighted by atomic mass is 10.1. The van der Waals surface area contributed by atoms with E-state index in [1.807, 2.05) is 18.2 Å². The second-order valence-corrected chi connectivity index (χ2v) is 8.56. The first-order valence-electron chi connectivity index (χ1n) is 7.71. The molecule has 0 radical (unpaired) electrons. The number of thiazole rings is 1. The minimum absolute atomic E-state index is 0.0731. The van der Waals surface area contributed by atoms with Crippen molar-refractivity contribution in [3.8, 4) is 5.75 Å². The van der Waals surface area contributed by atoms with Gasteiger partial charge < -0.3 is 10.4 Å². The van der Waals surface area contributed by atoms with Crippen molar-refractivity contribution in [1.82, 2.24) is 9.97 Å². The average Bonchev–Trinajstić information content (AvgIpc) is 3.19. The number of aromatic nitrogens is 2. The molecule has 2 N–H and O–H groups in total. The van der Waals surface area contributed by atoms with Crippen LogP contribution in [-0.4, -0.2) is 23.5 Å². The summed E-state index contributed by atoms with van der Waals surface area (Å²) in [7, 11) is -3.63. The maximum Gasteiger partial charge on any atom is 0.204 e. The van der Waals surface area contributed by atoms with Gasteiger partial charge in [-0.1, -0.05) is 0 Å². The molecule has 0 unspecified atom stereocenters. The van der Waals surface area contributed by atoms with Crippen molar-refractivity contribution in [3.05, 3.63) is 53.0 Å². The minimum atomic E-state index is -3.63. The number of sulfone groups is 1. The van der Waals surface area contributed by atoms with Gasteiger partial charge in [0, 0.05) is 22.9 Å². The lowest BCUT2D eigenvalue weighted by Crippen LogP contribution is -1.98. The number of nitrogens with one attached hydrogen (secondary N) is 1. The molecular weight excluding hydrogens is 370 g/mol. The van der Waals surface area contributed by atoms with Gasteiger partial charge in [0.1, 0.15) is 10.6 Å². The van der Waals surface area contributed by atoms with Crippen LogP contribution in [0.15, 0.2) is 52.3 Å². The van der Waals surface area contributed by atoms with Gasteiger partial charge in [-0.25, -0.2) is 13.4 Å². The second kappa shape index (κ2) is 5.26. The number of anilines is 2. The number of benzene rings is 2. The average molecular weight is 381 g/mol. The van der Waals surface area contributed by atoms with E-state index >= 15 is 0 Å². The zero-order valence-corrected chi connectivity index (χ0v) is 14.8. The van der Waals surface area contributed by atoms with Gasteiger partial charge in [-0.15, -0.1) is 11.3 Å². The Kier molecular flexibility index (Phi) is 3.10. The molecule has 0 fully saturated rings. The topological polar surface area (TPSA) is 92.2 Å². The van der Waals surface area contributed by atoms with Crippen molar-refractivity contribution in [3.63, 3.8) is 0 Å². The van der Waals surface area contributed by atoms with Crippen molar-refractivity contribution >= 4 is 59.7 Å². The number of pyridine rings is 1. The molecule has 0 aliphatic carbocycles. The molecule has 2 aromatic heterocycles. The van der Waals surface area contributed by atoms with E-state index in [1.54, 1.807) is 35.2 Å². The summed E-state index contributed by atoms with van der Waals surface area (Å²) in [6.45, 7) is 0. The van der Waals surface area contributed by atoms with Crippen molar-refractivity contribution in [2.24, 2.45) is 0 Å². The maximum absolute atomic E-state index is 12.2. The Labute approximate surface area is 152 Å². The number of phenolic OH excluding ortho intramolecular Hbond substituents is 1. The maximum atomic E-state index is 12.2. The van der Waals surface area contributed by atoms with Crippen LogP contribution in [-0.2, 0) is 9.84 Å². The summed E-state index contributed by atoms with van der Waals surface area (Å²) in [5.41, 5.74) is 4.98. The van der Waals surface area contributed by atoms with Crippen LogP contribution in [0.25, 0.3) is 27.2 Å². The fourth-order valence-electron chi connectivity index (χ4n) is 3.15. The summed E-state index contributed by atoms with van der Waals surface area (Å²) in [6.07, 6.45) is 3.09. The van der Waals surface area contributed by atoms with E-state index in [4.69, 9.17) is 0 Å². The second-order valence-electron chi connectivity index (χ2n) is 5.90. The third-order valence-electron chi connectivity index (χ3n) is 4.31. The van der Waals surface area contributed by atoms with Crippen LogP contribution in [0.4, 0.5) is 11.4 Å². The smallest absolute Gasteiger partial charge is 0.204 e. The molecule has 3 heterocycles. The number of nitrogens with zero attached hydrogens (tertiary/aromatic N) is 2. The summed E-state index contributed by atoms with van der Waals surface area (Å²) in [5, 5.41) is 15.4. The number of fused-ring (bicyclic) bond motifs is 3. The number of aromatic hydroxyl groups is 1. The molecule has 26 heavy (non-hydrogen) atoms. The molecule has 0 saturated carbocycles. The summed E-state index contributed by atoms with van der Waals surface area (Å²) in [4.78, 5) is 8.50. The largest absolute Gasteiger partial charge is 0.506 e. The Morgan fingerprint density at radius 1 is 1.08 bits per heavy atom. The van der Waals surface area contributed by atoms with Gasteiger partial charge in [0.15, 0.2) is 0 Å². The van der Waals surface area contributed by atoms with E-state index in [9.17, 15) is 13.5 Å². The van der Waals surface area contributed by atoms with Gasteiger partial charge >= 0.3 is 0 Å². The van der Waals surface area contributed by atoms with Gasteiger partial charge in [-0.2, -0.15) is 0 Å². The molecule has 6 nitrogen and oxygen atoms in total. The highest BCUT2D eigenvalue weighted by Gasteiger charge is 2.28. The molecule has 1 aliphatic heterocycles. The predicted molar refractivity (Wildman–Crippen MR) is 103 cm³/mol. The number of phenols is 1. The van der Waals surface area contributed by atoms with Crippen LogP contribution in [0, 0.1) is 0 Å². The van der Waals surface area contributed by atoms with Crippen LogP contribution in [0.1, 0.15) is 5.56 Å². The van der Waals surface area contributed by atoms with Gasteiger partial charge in [-0.3, -0.25) is 4.98 Å². The van der Waals surface area contributed by atoms with Crippen LogP contribution in [0.2, 0.25) is 0 Å². The van der Waals surface area contributed by atoms with E-state index in [0.29, 0.717) is 22.2 Å². The molecule has 0 saturated heterocycles. The third-order valence-corrected chi connectivity index (χ3v) is 6.61. The SMILES string of the molecule is O=S1(=O)C=Cc2cc3nccc(Nc4ccc5scnc5c4)c3c(O)c21. The zero-order chi connectivity index (χ0) is 17.9. The Hall–Kier alpha value is -2.97. The summed E-state index contributed by atoms with van der Waals surface area (Å²) in [6, 6.07) is 9.15. The molecule has 1 aliphatic rings. The Balaban J connectivity index is 1.71. The number of hydrogen-bond donors (Lipinski definition) is 2. The standard InChI is InChI=1S/C18H11N3O3S2/c22-17-16-12(21-11-1-2-15-13(8-11)20-9-25-15)3-5-19-14(16)7-10-4-6-26(23,24)18(10)17/h1-9,22H,(H,19,21). The highest BCUT2D eigenvalue weighted by atomic mass is 32.2. The molecular formula is C18H11N3O3S2. The first-order chi connectivity index (χ1) is 12.5. The van der Waals surface area contributed by atoms with Crippen molar-refractivity contribution in [2.75, 3.05) is 5.32 Å². The number of hydrogen-bond acceptors (Lipinski definition) is 7. The molecule has 8 heteroatoms. The Morgan fingerprint density at radius 3 is 2.85 bits per heavy atom. The molecule has 0 atom stereocenters. The highest BCUT2D eigenvalue weighted by molar-refractivity contribution is 7.95. The van der Waals surface area contributed by atoms with E-state index in [2.05, 4.69) is 15.3 Å². The van der Waals surface area contributed by atoms with E-state index < -0.39 is 9.84 Å². The van der Waals surface area contributed by atoms with Crippen molar-refractivity contribution in [2.45, 2.75) is 4.90 Å². The first kappa shape index (κ1) is 15.3. The molecule has 5 rings (SSSR count). The number of rotatable bonds is 2. The van der Waals surface area contributed by atoms with E-state index in [0.717, 1.165) is 21.3 Å². The molecule has 128 valence electrons. The lowest BCUT2D eigenvalue weighted by Gasteiger charge is -2.13. The first-order valence-corrected chi connectivity index (χ1v) is 10.1. The van der Waals surface area contributed by atoms with Gasteiger partial charge in [-0.05, 0) is 36.4 Å². The van der Waals surface area contributed by atoms with Crippen molar-refractivity contribution in [1.29, 1.82) is 0 Å². The normalized spacial score (nSPS) is 14.8. The monoisotopic (exact) mass is 381 g/mol. The van der Waals surface area contributed by atoms with Crippen LogP contribution in [0.3, 0.4) is 0 Å². The lowest BCUT2D eigenvalue weighted by molar-refractivity contribution is 0.466. The van der Waals surface area contributed by atoms with Gasteiger partial charge in [0.25, 0.3) is 0 Å². The molecule has 0 spiro atoms. The third kappa shape index (κ3) is 2.19. The minimum Gasteiger partial charge on any atom is -0.506 e. The molecule has 0 bridgehead atoms. The summed E-state index contributed by atoms with van der Waals surface area (Å²) < 4.78 is 25.5. The van der Waals surface area contributed by atoms with Gasteiger partial charge in [0.2, 0.25) is 9.84 Å². The van der Waals surface area contributed by atoms with Crippen molar-refractivity contribution < 1.29 is 13.5 Å². The Bertz CT molecular complexity index is 1340. The summed E-state index contributed by atoms with van der Waals surface area (Å²) >= 11 is 1.56. The van der Waals surface area contributed by atoms with E-state index in [-0.39, 0.29) is 10.6 Å². The van der Waals surface area contributed by atoms with Crippen LogP contribution in [0.5, 0.6) is 5.75 Å². The summed E-state index contributed by atoms with van der Waals surface area (Å²) in [5.74, 6) is -0.284. The fourth-order valence-corrected chi connectivity index (χ4v) is 5.10. The highest BCUT2D eigenvalue weighted by Crippen LogP contribution is 2.42. The zero-order valence-electron chi connectivity index (χ0n) is 13.2. The quantitative estimate of drug-likeness (QED) is 0.544. The van der Waals surface area contributed by atoms with Gasteiger partial charge in [0.05, 0.1) is 32.3 Å². The molecule has 0 amide bonds. The molecule has 2 aromatic carbocycles.